The van der Waals surface area contributed by atoms with Crippen LogP contribution >= 0.6 is 0 Å². The van der Waals surface area contributed by atoms with Gasteiger partial charge in [0.2, 0.25) is 8.32 Å². The Morgan fingerprint density at radius 1 is 1.20 bits per heavy atom. The minimum absolute atomic E-state index is 0.110. The van der Waals surface area contributed by atoms with Crippen LogP contribution in [0.3, 0.4) is 0 Å². The second-order valence-corrected chi connectivity index (χ2v) is 8.80. The maximum absolute atomic E-state index is 10.9. The molecular weight excluding hydrogens is 212 g/mol. The molecule has 0 saturated carbocycles. The fraction of sp³-hybridized carbons (Fsp3) is 0.700. The van der Waals surface area contributed by atoms with Gasteiger partial charge in [-0.1, -0.05) is 0 Å². The molecule has 88 valence electrons. The molecule has 0 heterocycles. The summed E-state index contributed by atoms with van der Waals surface area (Å²) in [6.07, 6.45) is 0. The molecule has 0 aliphatic rings. The van der Waals surface area contributed by atoms with Crippen molar-refractivity contribution < 1.29 is 18.7 Å². The van der Waals surface area contributed by atoms with E-state index in [0.29, 0.717) is 5.95 Å². The normalized spacial score (nSPS) is 10.5. The Kier molecular flexibility index (Phi) is 5.42. The molecule has 0 radical (unpaired) electrons. The van der Waals surface area contributed by atoms with E-state index in [0.717, 1.165) is 5.57 Å². The van der Waals surface area contributed by atoms with Crippen LogP contribution in [0.5, 0.6) is 0 Å². The molecule has 0 N–H and O–H groups in total. The number of hydrogen-bond acceptors (Lipinski definition) is 4. The highest BCUT2D eigenvalue weighted by molar-refractivity contribution is 6.70. The molecule has 0 amide bonds. The summed E-state index contributed by atoms with van der Waals surface area (Å²) < 4.78 is 15.4. The maximum atomic E-state index is 10.9. The first kappa shape index (κ1) is 14.0. The largest absolute Gasteiger partial charge is 0.520 e. The highest BCUT2D eigenvalue weighted by Crippen LogP contribution is 2.15. The van der Waals surface area contributed by atoms with Crippen molar-refractivity contribution in [2.24, 2.45) is 0 Å². The van der Waals surface area contributed by atoms with Gasteiger partial charge in [-0.05, 0) is 33.5 Å². The van der Waals surface area contributed by atoms with Gasteiger partial charge in [-0.25, -0.2) is 4.79 Å². The Labute approximate surface area is 92.3 Å². The molecule has 0 unspecified atom stereocenters. The first-order valence-corrected chi connectivity index (χ1v) is 8.23. The van der Waals surface area contributed by atoms with E-state index in [1.54, 1.807) is 0 Å². The summed E-state index contributed by atoms with van der Waals surface area (Å²) in [5.41, 5.74) is 0.918. The summed E-state index contributed by atoms with van der Waals surface area (Å²) in [6, 6.07) is 0. The lowest BCUT2D eigenvalue weighted by molar-refractivity contribution is -0.145. The van der Waals surface area contributed by atoms with Crippen molar-refractivity contribution in [1.82, 2.24) is 0 Å². The Morgan fingerprint density at radius 3 is 2.07 bits per heavy atom. The topological polar surface area (TPSA) is 44.8 Å². The van der Waals surface area contributed by atoms with Crippen LogP contribution in [0.4, 0.5) is 0 Å². The van der Waals surface area contributed by atoms with Gasteiger partial charge >= 0.3 is 5.97 Å². The molecule has 0 spiro atoms. The second-order valence-electron chi connectivity index (χ2n) is 4.37. The molecule has 5 heteroatoms. The fourth-order valence-electron chi connectivity index (χ4n) is 0.737. The first-order valence-electron chi connectivity index (χ1n) is 4.82. The van der Waals surface area contributed by atoms with Crippen molar-refractivity contribution in [1.29, 1.82) is 0 Å². The number of esters is 1. The molecule has 0 rings (SSSR count). The third-order valence-electron chi connectivity index (χ3n) is 1.36. The van der Waals surface area contributed by atoms with E-state index < -0.39 is 14.3 Å². The minimum atomic E-state index is -1.70. The lowest BCUT2D eigenvalue weighted by atomic mass is 10.4. The van der Waals surface area contributed by atoms with Crippen LogP contribution in [-0.4, -0.2) is 28.0 Å². The van der Waals surface area contributed by atoms with E-state index in [-0.39, 0.29) is 6.61 Å². The molecule has 0 fully saturated rings. The standard InChI is InChI=1S/C10H20O4Si/c1-8(2)10(14-15(4,5)6)13-7-9(11)12-3/h7H2,1-6H3. The van der Waals surface area contributed by atoms with Crippen LogP contribution in [0.15, 0.2) is 11.5 Å². The van der Waals surface area contributed by atoms with E-state index in [1.807, 2.05) is 13.8 Å². The molecule has 0 saturated heterocycles. The molecule has 0 aliphatic carbocycles. The van der Waals surface area contributed by atoms with Crippen LogP contribution in [0.25, 0.3) is 0 Å². The lowest BCUT2D eigenvalue weighted by Crippen LogP contribution is -2.27. The van der Waals surface area contributed by atoms with Gasteiger partial charge in [-0.15, -0.1) is 0 Å². The van der Waals surface area contributed by atoms with E-state index in [2.05, 4.69) is 24.4 Å². The molecule has 0 aromatic rings. The number of rotatable bonds is 5. The van der Waals surface area contributed by atoms with Gasteiger partial charge in [0.15, 0.2) is 6.61 Å². The summed E-state index contributed by atoms with van der Waals surface area (Å²) >= 11 is 0. The minimum Gasteiger partial charge on any atom is -0.520 e. The van der Waals surface area contributed by atoms with Gasteiger partial charge in [0.1, 0.15) is 0 Å². The van der Waals surface area contributed by atoms with Crippen molar-refractivity contribution in [2.75, 3.05) is 13.7 Å². The lowest BCUT2D eigenvalue weighted by Gasteiger charge is -2.22. The number of carbonyl (C=O) groups excluding carboxylic acids is 1. The Hall–Kier alpha value is -0.973. The van der Waals surface area contributed by atoms with Gasteiger partial charge in [0, 0.05) is 5.57 Å². The SMILES string of the molecule is COC(=O)COC(O[Si](C)(C)C)=C(C)C. The van der Waals surface area contributed by atoms with Gasteiger partial charge in [0.25, 0.3) is 5.95 Å². The van der Waals surface area contributed by atoms with Crippen LogP contribution in [0, 0.1) is 0 Å². The average molecular weight is 232 g/mol. The molecule has 0 bridgehead atoms. The molecule has 0 aromatic heterocycles. The van der Waals surface area contributed by atoms with Crippen LogP contribution in [0.2, 0.25) is 19.6 Å². The monoisotopic (exact) mass is 232 g/mol. The van der Waals surface area contributed by atoms with Crippen LogP contribution < -0.4 is 0 Å². The first-order chi connectivity index (χ1) is 6.76. The van der Waals surface area contributed by atoms with Crippen molar-refractivity contribution in [3.05, 3.63) is 11.5 Å². The predicted molar refractivity (Wildman–Crippen MR) is 60.8 cm³/mol. The number of hydrogen-bond donors (Lipinski definition) is 0. The zero-order valence-electron chi connectivity index (χ0n) is 10.3. The zero-order chi connectivity index (χ0) is 12.1. The van der Waals surface area contributed by atoms with E-state index in [4.69, 9.17) is 9.16 Å². The van der Waals surface area contributed by atoms with Crippen molar-refractivity contribution in [3.63, 3.8) is 0 Å². The van der Waals surface area contributed by atoms with Gasteiger partial charge in [-0.3, -0.25) is 0 Å². The van der Waals surface area contributed by atoms with E-state index in [9.17, 15) is 4.79 Å². The van der Waals surface area contributed by atoms with Crippen LogP contribution in [-0.2, 0) is 18.7 Å². The van der Waals surface area contributed by atoms with Crippen molar-refractivity contribution in [2.45, 2.75) is 33.5 Å². The molecule has 0 aliphatic heterocycles. The second kappa shape index (κ2) is 5.80. The molecule has 0 atom stereocenters. The summed E-state index contributed by atoms with van der Waals surface area (Å²) in [5.74, 6) is 0.0347. The Morgan fingerprint density at radius 2 is 1.73 bits per heavy atom. The molecular formula is C10H20O4Si. The fourth-order valence-corrected chi connectivity index (χ4v) is 1.56. The summed E-state index contributed by atoms with van der Waals surface area (Å²) in [5, 5.41) is 0. The van der Waals surface area contributed by atoms with Crippen molar-refractivity contribution >= 4 is 14.3 Å². The quantitative estimate of drug-likeness (QED) is 0.414. The summed E-state index contributed by atoms with van der Waals surface area (Å²) in [4.78, 5) is 10.9. The highest BCUT2D eigenvalue weighted by Gasteiger charge is 2.20. The van der Waals surface area contributed by atoms with Gasteiger partial charge < -0.3 is 13.9 Å². The number of allylic oxidation sites excluding steroid dienone is 1. The smallest absolute Gasteiger partial charge is 0.344 e. The summed E-state index contributed by atoms with van der Waals surface area (Å²) in [6.45, 7) is 9.81. The van der Waals surface area contributed by atoms with Crippen LogP contribution in [0.1, 0.15) is 13.8 Å². The third-order valence-corrected chi connectivity index (χ3v) is 2.15. The van der Waals surface area contributed by atoms with Gasteiger partial charge in [-0.2, -0.15) is 0 Å². The number of ether oxygens (including phenoxy) is 2. The maximum Gasteiger partial charge on any atom is 0.344 e. The summed E-state index contributed by atoms with van der Waals surface area (Å²) in [7, 11) is -0.374. The van der Waals surface area contributed by atoms with Gasteiger partial charge in [0.05, 0.1) is 7.11 Å². The highest BCUT2D eigenvalue weighted by atomic mass is 28.4. The van der Waals surface area contributed by atoms with Crippen molar-refractivity contribution in [3.8, 4) is 0 Å². The molecule has 4 nitrogen and oxygen atoms in total. The third kappa shape index (κ3) is 7.01. The Balaban J connectivity index is 4.33. The Bertz CT molecular complexity index is 249. The average Bonchev–Trinajstić information content (AvgIpc) is 2.09. The predicted octanol–water partition coefficient (Wildman–Crippen LogP) is 2.28. The molecule has 0 aromatic carbocycles. The van der Waals surface area contributed by atoms with E-state index >= 15 is 0 Å². The zero-order valence-corrected chi connectivity index (χ0v) is 11.3. The number of carbonyl (C=O) groups is 1. The van der Waals surface area contributed by atoms with E-state index in [1.165, 1.54) is 7.11 Å². The number of methoxy groups -OCH3 is 1. The molecule has 15 heavy (non-hydrogen) atoms.